The molecule has 0 unspecified atom stereocenters. The van der Waals surface area contributed by atoms with Crippen molar-refractivity contribution in [1.82, 2.24) is 9.80 Å². The molecular formula is C27H38N2O4S. The molecule has 1 aliphatic rings. The van der Waals surface area contributed by atoms with Crippen LogP contribution in [0.4, 0.5) is 0 Å². The number of aryl methyl sites for hydroxylation is 1. The molecule has 1 N–H and O–H groups in total. The van der Waals surface area contributed by atoms with Gasteiger partial charge in [0, 0.05) is 38.2 Å². The molecule has 1 aromatic heterocycles. The molecule has 0 saturated heterocycles. The Hall–Kier alpha value is -2.19. The molecule has 6 nitrogen and oxygen atoms in total. The van der Waals surface area contributed by atoms with Gasteiger partial charge in [-0.15, -0.1) is 17.9 Å². The number of benzene rings is 1. The summed E-state index contributed by atoms with van der Waals surface area (Å²) in [5, 5.41) is 12.6. The number of amides is 1. The van der Waals surface area contributed by atoms with Gasteiger partial charge in [-0.1, -0.05) is 23.8 Å². The predicted octanol–water partition coefficient (Wildman–Crippen LogP) is 4.23. The Morgan fingerprint density at radius 2 is 2.15 bits per heavy atom. The number of nitrogens with zero attached hydrogens (tertiary/aromatic N) is 2. The van der Waals surface area contributed by atoms with E-state index in [1.54, 1.807) is 18.4 Å². The lowest BCUT2D eigenvalue weighted by atomic mass is 10.0. The van der Waals surface area contributed by atoms with Crippen LogP contribution in [0.25, 0.3) is 0 Å². The van der Waals surface area contributed by atoms with Crippen molar-refractivity contribution in [2.45, 2.75) is 44.8 Å². The predicted molar refractivity (Wildman–Crippen MR) is 138 cm³/mol. The Balaban J connectivity index is 1.69. The zero-order valence-corrected chi connectivity index (χ0v) is 21.3. The Morgan fingerprint density at radius 1 is 1.35 bits per heavy atom. The number of aliphatic hydroxyl groups is 1. The van der Waals surface area contributed by atoms with Gasteiger partial charge in [-0.2, -0.15) is 0 Å². The van der Waals surface area contributed by atoms with Gasteiger partial charge < -0.3 is 19.5 Å². The number of thiophene rings is 1. The van der Waals surface area contributed by atoms with Gasteiger partial charge in [0.25, 0.3) is 0 Å². The Kier molecular flexibility index (Phi) is 10.6. The molecule has 3 rings (SSSR count). The monoisotopic (exact) mass is 486 g/mol. The summed E-state index contributed by atoms with van der Waals surface area (Å²) in [5.41, 5.74) is 2.37. The normalized spacial score (nSPS) is 16.4. The summed E-state index contributed by atoms with van der Waals surface area (Å²) in [5.74, 6) is 0.884. The van der Waals surface area contributed by atoms with Crippen molar-refractivity contribution < 1.29 is 19.4 Å². The molecule has 0 bridgehead atoms. The molecule has 34 heavy (non-hydrogen) atoms. The molecule has 7 heteroatoms. The minimum Gasteiger partial charge on any atom is -0.491 e. The molecule has 0 radical (unpaired) electrons. The van der Waals surface area contributed by atoms with E-state index in [0.29, 0.717) is 39.3 Å². The summed E-state index contributed by atoms with van der Waals surface area (Å²) in [4.78, 5) is 18.9. The summed E-state index contributed by atoms with van der Waals surface area (Å²) < 4.78 is 11.3. The molecule has 2 atom stereocenters. The van der Waals surface area contributed by atoms with E-state index in [9.17, 15) is 9.90 Å². The SMILES string of the molecule is C=CCC[C@@H](O)CN(CCCOC)CC(=O)N1CCc2sccc2[C@H]1COc1ccc(C)cc1. The van der Waals surface area contributed by atoms with Gasteiger partial charge in [0.1, 0.15) is 12.4 Å². The van der Waals surface area contributed by atoms with Crippen molar-refractivity contribution >= 4 is 17.2 Å². The third-order valence-corrected chi connectivity index (χ3v) is 7.20. The van der Waals surface area contributed by atoms with E-state index in [-0.39, 0.29) is 18.5 Å². The second-order valence-corrected chi connectivity index (χ2v) is 9.88. The Bertz CT molecular complexity index is 898. The average Bonchev–Trinajstić information content (AvgIpc) is 3.31. The van der Waals surface area contributed by atoms with Gasteiger partial charge in [-0.05, 0) is 61.7 Å². The minimum absolute atomic E-state index is 0.0719. The Labute approximate surface area is 207 Å². The fourth-order valence-electron chi connectivity index (χ4n) is 4.33. The molecular weight excluding hydrogens is 448 g/mol. The van der Waals surface area contributed by atoms with E-state index in [4.69, 9.17) is 9.47 Å². The molecule has 1 aliphatic heterocycles. The fourth-order valence-corrected chi connectivity index (χ4v) is 5.26. The number of methoxy groups -OCH3 is 1. The average molecular weight is 487 g/mol. The van der Waals surface area contributed by atoms with Gasteiger partial charge in [-0.3, -0.25) is 9.69 Å². The summed E-state index contributed by atoms with van der Waals surface area (Å²) in [6.07, 6.45) is 4.41. The van der Waals surface area contributed by atoms with Crippen LogP contribution in [0, 0.1) is 6.92 Å². The number of ether oxygens (including phenoxy) is 2. The number of hydrogen-bond donors (Lipinski definition) is 1. The van der Waals surface area contributed by atoms with Crippen molar-refractivity contribution in [3.05, 3.63) is 64.4 Å². The van der Waals surface area contributed by atoms with Gasteiger partial charge >= 0.3 is 0 Å². The highest BCUT2D eigenvalue weighted by Crippen LogP contribution is 2.34. The maximum atomic E-state index is 13.5. The Morgan fingerprint density at radius 3 is 2.88 bits per heavy atom. The number of rotatable bonds is 14. The summed E-state index contributed by atoms with van der Waals surface area (Å²) in [6, 6.07) is 10.0. The van der Waals surface area contributed by atoms with Crippen LogP contribution >= 0.6 is 11.3 Å². The van der Waals surface area contributed by atoms with Crippen molar-refractivity contribution in [1.29, 1.82) is 0 Å². The van der Waals surface area contributed by atoms with Crippen molar-refractivity contribution in [3.8, 4) is 5.75 Å². The van der Waals surface area contributed by atoms with E-state index in [0.717, 1.165) is 25.0 Å². The topological polar surface area (TPSA) is 62.2 Å². The molecule has 0 saturated carbocycles. The number of aliphatic hydroxyl groups excluding tert-OH is 1. The van der Waals surface area contributed by atoms with E-state index >= 15 is 0 Å². The smallest absolute Gasteiger partial charge is 0.237 e. The molecule has 2 heterocycles. The number of carbonyl (C=O) groups excluding carboxylic acids is 1. The number of allylic oxidation sites excluding steroid dienone is 1. The van der Waals surface area contributed by atoms with Crippen LogP contribution in [-0.2, 0) is 16.0 Å². The van der Waals surface area contributed by atoms with Crippen LogP contribution in [-0.4, -0.2) is 73.4 Å². The van der Waals surface area contributed by atoms with Gasteiger partial charge in [-0.25, -0.2) is 0 Å². The van der Waals surface area contributed by atoms with Crippen LogP contribution < -0.4 is 4.74 Å². The zero-order chi connectivity index (χ0) is 24.3. The minimum atomic E-state index is -0.487. The summed E-state index contributed by atoms with van der Waals surface area (Å²) in [6.45, 7) is 8.95. The highest BCUT2D eigenvalue weighted by atomic mass is 32.1. The van der Waals surface area contributed by atoms with Gasteiger partial charge in [0.2, 0.25) is 5.91 Å². The number of carbonyl (C=O) groups is 1. The van der Waals surface area contributed by atoms with Crippen LogP contribution in [0.2, 0.25) is 0 Å². The highest BCUT2D eigenvalue weighted by Gasteiger charge is 2.33. The molecule has 1 amide bonds. The lowest BCUT2D eigenvalue weighted by Crippen LogP contribution is -2.48. The van der Waals surface area contributed by atoms with Crippen molar-refractivity contribution in [2.24, 2.45) is 0 Å². The van der Waals surface area contributed by atoms with Crippen molar-refractivity contribution in [3.63, 3.8) is 0 Å². The molecule has 2 aromatic rings. The lowest BCUT2D eigenvalue weighted by molar-refractivity contribution is -0.136. The first-order valence-corrected chi connectivity index (χ1v) is 12.9. The second kappa shape index (κ2) is 13.6. The molecule has 1 aromatic carbocycles. The molecule has 186 valence electrons. The number of fused-ring (bicyclic) bond motifs is 1. The maximum Gasteiger partial charge on any atom is 0.237 e. The quantitative estimate of drug-likeness (QED) is 0.320. The second-order valence-electron chi connectivity index (χ2n) is 8.88. The van der Waals surface area contributed by atoms with E-state index in [1.807, 2.05) is 35.2 Å². The van der Waals surface area contributed by atoms with E-state index in [1.165, 1.54) is 16.0 Å². The first-order valence-electron chi connectivity index (χ1n) is 12.1. The van der Waals surface area contributed by atoms with E-state index < -0.39 is 6.10 Å². The molecule has 0 aliphatic carbocycles. The van der Waals surface area contributed by atoms with Crippen LogP contribution in [0.3, 0.4) is 0 Å². The van der Waals surface area contributed by atoms with Crippen LogP contribution in [0.1, 0.15) is 41.3 Å². The number of hydrogen-bond acceptors (Lipinski definition) is 6. The van der Waals surface area contributed by atoms with E-state index in [2.05, 4.69) is 29.8 Å². The van der Waals surface area contributed by atoms with Crippen LogP contribution in [0.5, 0.6) is 5.75 Å². The molecule has 0 fully saturated rings. The first kappa shape index (κ1) is 26.4. The largest absolute Gasteiger partial charge is 0.491 e. The summed E-state index contributed by atoms with van der Waals surface area (Å²) >= 11 is 1.75. The maximum absolute atomic E-state index is 13.5. The zero-order valence-electron chi connectivity index (χ0n) is 20.4. The van der Waals surface area contributed by atoms with Crippen molar-refractivity contribution in [2.75, 3.05) is 46.5 Å². The van der Waals surface area contributed by atoms with Gasteiger partial charge in [0.15, 0.2) is 0 Å². The lowest BCUT2D eigenvalue weighted by Gasteiger charge is -2.37. The first-order chi connectivity index (χ1) is 16.5. The standard InChI is InChI=1S/C27H38N2O4S/c1-4-5-7-22(30)18-28(14-6-16-32-3)19-27(31)29-15-12-26-24(13-17-34-26)25(29)20-33-23-10-8-21(2)9-11-23/h4,8-11,13,17,22,25,30H,1,5-7,12,14-16,18-20H2,2-3H3/t22-,25-/m1/s1. The highest BCUT2D eigenvalue weighted by molar-refractivity contribution is 7.10. The third-order valence-electron chi connectivity index (χ3n) is 6.20. The third kappa shape index (κ3) is 7.67. The summed E-state index contributed by atoms with van der Waals surface area (Å²) in [7, 11) is 1.68. The fraction of sp³-hybridized carbons (Fsp3) is 0.519. The van der Waals surface area contributed by atoms with Gasteiger partial charge in [0.05, 0.1) is 18.7 Å². The van der Waals surface area contributed by atoms with Crippen LogP contribution in [0.15, 0.2) is 48.4 Å². The molecule has 0 spiro atoms.